The lowest BCUT2D eigenvalue weighted by atomic mass is 9.86. The van der Waals surface area contributed by atoms with Crippen molar-refractivity contribution in [2.75, 3.05) is 0 Å². The van der Waals surface area contributed by atoms with Gasteiger partial charge in [-0.05, 0) is 38.0 Å². The van der Waals surface area contributed by atoms with E-state index in [-0.39, 0.29) is 5.12 Å². The molecular weight excluding hydrogens is 370 g/mol. The molecule has 3 fully saturated rings. The van der Waals surface area contributed by atoms with Gasteiger partial charge in [0.1, 0.15) is 5.25 Å². The van der Waals surface area contributed by atoms with Crippen LogP contribution in [0.25, 0.3) is 0 Å². The lowest BCUT2D eigenvalue weighted by Gasteiger charge is -2.30. The van der Waals surface area contributed by atoms with Gasteiger partial charge in [-0.3, -0.25) is 9.59 Å². The van der Waals surface area contributed by atoms with Crippen LogP contribution in [0, 0.1) is 5.92 Å². The van der Waals surface area contributed by atoms with E-state index in [0.717, 1.165) is 36.7 Å². The fourth-order valence-electron chi connectivity index (χ4n) is 5.00. The van der Waals surface area contributed by atoms with Crippen LogP contribution in [0.4, 0.5) is 0 Å². The molecule has 2 N–H and O–H groups in total. The highest BCUT2D eigenvalue weighted by atomic mass is 32.2. The molecule has 3 rings (SSSR count). The average molecular weight is 412 g/mol. The number of hydrogen-bond acceptors (Lipinski definition) is 4. The van der Waals surface area contributed by atoms with Crippen LogP contribution in [-0.4, -0.2) is 33.5 Å². The number of carboxylic acids is 1. The highest BCUT2D eigenvalue weighted by molar-refractivity contribution is 8.14. The second-order valence-corrected chi connectivity index (χ2v) is 10.4. The lowest BCUT2D eigenvalue weighted by molar-refractivity contribution is -0.136. The molecule has 0 amide bonds. The monoisotopic (exact) mass is 411 g/mol. The summed E-state index contributed by atoms with van der Waals surface area (Å²) in [6.45, 7) is 1.43. The highest BCUT2D eigenvalue weighted by Gasteiger charge is 2.25. The number of hydrogen-bond donors (Lipinski definition) is 2. The summed E-state index contributed by atoms with van der Waals surface area (Å²) in [5.41, 5.74) is 0. The van der Waals surface area contributed by atoms with E-state index in [1.807, 2.05) is 0 Å². The van der Waals surface area contributed by atoms with E-state index in [1.165, 1.54) is 90.4 Å². The van der Waals surface area contributed by atoms with Gasteiger partial charge in [-0.2, -0.15) is 0 Å². The summed E-state index contributed by atoms with van der Waals surface area (Å²) >= 11 is 0.963. The van der Waals surface area contributed by atoms with Gasteiger partial charge in [0, 0.05) is 19.0 Å². The summed E-state index contributed by atoms with van der Waals surface area (Å²) in [6.07, 6.45) is 21.2. The molecule has 0 saturated heterocycles. The van der Waals surface area contributed by atoms with Gasteiger partial charge in [-0.1, -0.05) is 82.4 Å². The van der Waals surface area contributed by atoms with Crippen molar-refractivity contribution in [1.82, 2.24) is 5.32 Å². The first-order valence-electron chi connectivity index (χ1n) is 11.7. The van der Waals surface area contributed by atoms with Crippen molar-refractivity contribution < 1.29 is 14.7 Å². The number of carboxylic acid groups (broad SMARTS) is 1. The normalized spacial score (nSPS) is 23.5. The number of aliphatic carboxylic acids is 1. The maximum Gasteiger partial charge on any atom is 0.317 e. The standard InChI is InChI=1S/C12H23N.C11H18O3S/c1-3-7-11(8-4-1)13-12-9-5-2-6-10-12;1-8(12)15-10(11(13)14)7-9-5-3-2-4-6-9/h11-13H,1-10H2;9-10H,2-7H2,1H3,(H,13,14)/t;10-/m.0/s1. The molecule has 0 radical (unpaired) electrons. The zero-order valence-corrected chi connectivity index (χ0v) is 18.6. The molecule has 0 unspecified atom stereocenters. The first-order chi connectivity index (χ1) is 13.5. The molecule has 0 aromatic heterocycles. The predicted octanol–water partition coefficient (Wildman–Crippen LogP) is 5.93. The topological polar surface area (TPSA) is 66.4 Å². The van der Waals surface area contributed by atoms with E-state index in [2.05, 4.69) is 5.32 Å². The van der Waals surface area contributed by atoms with E-state index in [9.17, 15) is 9.59 Å². The van der Waals surface area contributed by atoms with Gasteiger partial charge in [0.15, 0.2) is 5.12 Å². The third-order valence-corrected chi connectivity index (χ3v) is 7.55. The number of carbonyl (C=O) groups excluding carboxylic acids is 1. The largest absolute Gasteiger partial charge is 0.480 e. The Morgan fingerprint density at radius 1 is 0.821 bits per heavy atom. The Morgan fingerprint density at radius 2 is 1.25 bits per heavy atom. The number of nitrogens with one attached hydrogen (secondary N) is 1. The van der Waals surface area contributed by atoms with Crippen molar-refractivity contribution in [2.45, 2.75) is 127 Å². The molecule has 0 aliphatic heterocycles. The SMILES string of the molecule is C1CCC(NC2CCCCC2)CC1.CC(=O)S[C@@H](CC1CCCCC1)C(=O)O. The van der Waals surface area contributed by atoms with Crippen LogP contribution in [0.3, 0.4) is 0 Å². The molecule has 3 aliphatic carbocycles. The Morgan fingerprint density at radius 3 is 1.64 bits per heavy atom. The fraction of sp³-hybridized carbons (Fsp3) is 0.913. The van der Waals surface area contributed by atoms with Crippen molar-refractivity contribution in [2.24, 2.45) is 5.92 Å². The summed E-state index contributed by atoms with van der Waals surface area (Å²) in [6, 6.07) is 1.74. The Balaban J connectivity index is 0.000000202. The Labute approximate surface area is 176 Å². The van der Waals surface area contributed by atoms with Crippen LogP contribution in [0.5, 0.6) is 0 Å². The maximum absolute atomic E-state index is 10.9. The zero-order chi connectivity index (χ0) is 20.2. The second-order valence-electron chi connectivity index (χ2n) is 9.01. The molecule has 0 bridgehead atoms. The maximum atomic E-state index is 10.9. The van der Waals surface area contributed by atoms with Gasteiger partial charge in [0.2, 0.25) is 0 Å². The van der Waals surface area contributed by atoms with E-state index >= 15 is 0 Å². The second kappa shape index (κ2) is 13.6. The molecular formula is C23H41NO3S. The Hall–Kier alpha value is -0.550. The molecule has 28 heavy (non-hydrogen) atoms. The number of thioether (sulfide) groups is 1. The van der Waals surface area contributed by atoms with Crippen LogP contribution in [0.1, 0.15) is 110 Å². The summed E-state index contributed by atoms with van der Waals surface area (Å²) in [4.78, 5) is 21.8. The Bertz CT molecular complexity index is 437. The van der Waals surface area contributed by atoms with Crippen LogP contribution >= 0.6 is 11.8 Å². The van der Waals surface area contributed by atoms with E-state index in [0.29, 0.717) is 12.3 Å². The van der Waals surface area contributed by atoms with Crippen LogP contribution in [0.15, 0.2) is 0 Å². The quantitative estimate of drug-likeness (QED) is 0.567. The van der Waals surface area contributed by atoms with Crippen molar-refractivity contribution in [3.8, 4) is 0 Å². The molecule has 1 atom stereocenters. The van der Waals surface area contributed by atoms with Gasteiger partial charge in [-0.25, -0.2) is 0 Å². The first-order valence-corrected chi connectivity index (χ1v) is 12.6. The number of rotatable bonds is 6. The fourth-order valence-corrected chi connectivity index (χ4v) is 5.87. The third-order valence-electron chi connectivity index (χ3n) is 6.54. The molecule has 0 aromatic rings. The Kier molecular flexibility index (Phi) is 11.6. The van der Waals surface area contributed by atoms with Crippen LogP contribution in [-0.2, 0) is 9.59 Å². The molecule has 0 aromatic carbocycles. The summed E-state index contributed by atoms with van der Waals surface area (Å²) in [5.74, 6) is -0.340. The minimum atomic E-state index is -0.847. The average Bonchev–Trinajstić information content (AvgIpc) is 2.70. The smallest absolute Gasteiger partial charge is 0.317 e. The third kappa shape index (κ3) is 9.78. The van der Waals surface area contributed by atoms with E-state index in [4.69, 9.17) is 5.11 Å². The van der Waals surface area contributed by atoms with Crippen molar-refractivity contribution in [3.05, 3.63) is 0 Å². The minimum Gasteiger partial charge on any atom is -0.480 e. The molecule has 0 heterocycles. The summed E-state index contributed by atoms with van der Waals surface area (Å²) in [5, 5.41) is 12.2. The van der Waals surface area contributed by atoms with Crippen molar-refractivity contribution in [3.63, 3.8) is 0 Å². The first kappa shape index (κ1) is 23.7. The molecule has 5 heteroatoms. The molecule has 0 spiro atoms. The summed E-state index contributed by atoms with van der Waals surface area (Å²) < 4.78 is 0. The van der Waals surface area contributed by atoms with E-state index in [1.54, 1.807) is 0 Å². The van der Waals surface area contributed by atoms with Crippen molar-refractivity contribution >= 4 is 22.8 Å². The predicted molar refractivity (Wildman–Crippen MR) is 118 cm³/mol. The van der Waals surface area contributed by atoms with Crippen LogP contribution < -0.4 is 5.32 Å². The van der Waals surface area contributed by atoms with Gasteiger partial charge in [-0.15, -0.1) is 0 Å². The van der Waals surface area contributed by atoms with Crippen LogP contribution in [0.2, 0.25) is 0 Å². The summed E-state index contributed by atoms with van der Waals surface area (Å²) in [7, 11) is 0. The van der Waals surface area contributed by atoms with Gasteiger partial charge < -0.3 is 10.4 Å². The molecule has 3 saturated carbocycles. The molecule has 3 aliphatic rings. The van der Waals surface area contributed by atoms with E-state index < -0.39 is 11.2 Å². The molecule has 162 valence electrons. The minimum absolute atomic E-state index is 0.0989. The van der Waals surface area contributed by atoms with Crippen molar-refractivity contribution in [1.29, 1.82) is 0 Å². The number of carbonyl (C=O) groups is 2. The van der Waals surface area contributed by atoms with Gasteiger partial charge in [0.25, 0.3) is 0 Å². The zero-order valence-electron chi connectivity index (χ0n) is 17.8. The van der Waals surface area contributed by atoms with Gasteiger partial charge >= 0.3 is 5.97 Å². The molecule has 4 nitrogen and oxygen atoms in total. The van der Waals surface area contributed by atoms with Gasteiger partial charge in [0.05, 0.1) is 0 Å². The highest BCUT2D eigenvalue weighted by Crippen LogP contribution is 2.31. The lowest BCUT2D eigenvalue weighted by Crippen LogP contribution is -2.40.